The van der Waals surface area contributed by atoms with Crippen LogP contribution >= 0.6 is 0 Å². The first-order valence-electron chi connectivity index (χ1n) is 12.4. The van der Waals surface area contributed by atoms with E-state index in [-0.39, 0.29) is 30.7 Å². The minimum Gasteiger partial charge on any atom is -0.438 e. The summed E-state index contributed by atoms with van der Waals surface area (Å²) in [6.45, 7) is 3.70. The molecular weight excluding hydrogens is 482 g/mol. The quantitative estimate of drug-likeness (QED) is 0.454. The first kappa shape index (κ1) is 26.4. The number of hydrogen-bond donors (Lipinski definition) is 2. The third kappa shape index (κ3) is 5.98. The Balaban J connectivity index is 1.47. The fraction of sp³-hybridized carbons (Fsp3) is 0.276. The van der Waals surface area contributed by atoms with Gasteiger partial charge in [0.2, 0.25) is 11.8 Å². The van der Waals surface area contributed by atoms with Crippen LogP contribution in [0.25, 0.3) is 11.3 Å². The predicted octanol–water partition coefficient (Wildman–Crippen LogP) is 4.37. The van der Waals surface area contributed by atoms with Crippen molar-refractivity contribution in [1.82, 2.24) is 20.7 Å². The van der Waals surface area contributed by atoms with Gasteiger partial charge in [-0.1, -0.05) is 54.6 Å². The first-order chi connectivity index (χ1) is 18.3. The Morgan fingerprint density at radius 1 is 1.11 bits per heavy atom. The Kier molecular flexibility index (Phi) is 8.02. The number of pyridine rings is 1. The first-order valence-corrected chi connectivity index (χ1v) is 12.4. The molecule has 2 heterocycles. The molecule has 2 atom stereocenters. The number of amides is 3. The minimum atomic E-state index is -0.951. The zero-order chi connectivity index (χ0) is 27.1. The van der Waals surface area contributed by atoms with E-state index >= 15 is 0 Å². The van der Waals surface area contributed by atoms with Gasteiger partial charge in [0, 0.05) is 44.5 Å². The lowest BCUT2D eigenvalue weighted by atomic mass is 9.84. The van der Waals surface area contributed by atoms with E-state index in [1.165, 1.54) is 13.1 Å². The molecule has 38 heavy (non-hydrogen) atoms. The molecule has 3 amide bonds. The number of aromatic nitrogens is 1. The third-order valence-electron chi connectivity index (χ3n) is 6.76. The smallest absolute Gasteiger partial charge is 0.411 e. The van der Waals surface area contributed by atoms with Gasteiger partial charge in [-0.15, -0.1) is 0 Å². The Morgan fingerprint density at radius 3 is 2.45 bits per heavy atom. The number of carbonyl (C=O) groups excluding carboxylic acids is 3. The summed E-state index contributed by atoms with van der Waals surface area (Å²) < 4.78 is 6.09. The van der Waals surface area contributed by atoms with Crippen LogP contribution in [-0.4, -0.2) is 34.3 Å². The highest BCUT2D eigenvalue weighted by atomic mass is 16.6. The molecule has 9 nitrogen and oxygen atoms in total. The summed E-state index contributed by atoms with van der Waals surface area (Å²) in [6, 6.07) is 22.6. The molecule has 0 spiro atoms. The van der Waals surface area contributed by atoms with Crippen molar-refractivity contribution >= 4 is 17.9 Å². The number of hydrazine groups is 1. The lowest BCUT2D eigenvalue weighted by Gasteiger charge is -2.43. The second-order valence-electron chi connectivity index (χ2n) is 9.24. The van der Waals surface area contributed by atoms with Crippen molar-refractivity contribution in [3.63, 3.8) is 0 Å². The minimum absolute atomic E-state index is 0.0723. The fourth-order valence-electron chi connectivity index (χ4n) is 4.57. The van der Waals surface area contributed by atoms with E-state index in [9.17, 15) is 14.4 Å². The summed E-state index contributed by atoms with van der Waals surface area (Å²) in [5.74, 6) is -0.731. The van der Waals surface area contributed by atoms with Crippen molar-refractivity contribution in [1.29, 1.82) is 5.26 Å². The van der Waals surface area contributed by atoms with Gasteiger partial charge in [-0.2, -0.15) is 5.26 Å². The molecule has 0 saturated carbocycles. The topological polar surface area (TPSA) is 124 Å². The van der Waals surface area contributed by atoms with Crippen LogP contribution in [0, 0.1) is 11.3 Å². The molecular formula is C29H29N5O4. The van der Waals surface area contributed by atoms with Crippen LogP contribution in [0.15, 0.2) is 72.9 Å². The number of rotatable bonds is 7. The van der Waals surface area contributed by atoms with Crippen molar-refractivity contribution in [2.24, 2.45) is 0 Å². The Bertz CT molecular complexity index is 1340. The molecule has 1 aromatic heterocycles. The van der Waals surface area contributed by atoms with Gasteiger partial charge in [-0.25, -0.2) is 4.79 Å². The molecule has 194 valence electrons. The maximum Gasteiger partial charge on any atom is 0.411 e. The van der Waals surface area contributed by atoms with Crippen LogP contribution in [0.5, 0.6) is 0 Å². The van der Waals surface area contributed by atoms with Crippen LogP contribution in [0.1, 0.15) is 55.8 Å². The highest BCUT2D eigenvalue weighted by Gasteiger charge is 2.43. The van der Waals surface area contributed by atoms with Crippen LogP contribution in [0.2, 0.25) is 0 Å². The molecule has 0 radical (unpaired) electrons. The molecule has 2 N–H and O–H groups in total. The molecule has 0 aliphatic carbocycles. The molecule has 0 unspecified atom stereocenters. The fourth-order valence-corrected chi connectivity index (χ4v) is 4.57. The summed E-state index contributed by atoms with van der Waals surface area (Å²) in [4.78, 5) is 42.7. The molecule has 2 aromatic carbocycles. The third-order valence-corrected chi connectivity index (χ3v) is 6.76. The van der Waals surface area contributed by atoms with E-state index in [1.54, 1.807) is 17.0 Å². The SMILES string of the molecule is CC(=O)NNC(=O)CC[C@]1(c2ccccc2)CCN([C@@H](C)c2ccc(-c3ccc(C#N)cn3)cc2)C(=O)O1. The molecule has 9 heteroatoms. The Hall–Kier alpha value is -4.71. The number of nitriles is 1. The van der Waals surface area contributed by atoms with E-state index in [0.717, 1.165) is 22.4 Å². The standard InChI is InChI=1S/C29H29N5O4/c1-20(23-9-11-24(12-10-23)26-13-8-22(18-30)19-31-26)34-17-16-29(38-28(34)37,25-6-4-3-5-7-25)15-14-27(36)33-32-21(2)35/h3-13,19-20H,14-17H2,1-2H3,(H,32,35)(H,33,36)/t20-,29+/m0/s1. The van der Waals surface area contributed by atoms with Gasteiger partial charge < -0.3 is 9.64 Å². The van der Waals surface area contributed by atoms with Crippen molar-refractivity contribution in [2.45, 2.75) is 44.8 Å². The number of nitrogens with one attached hydrogen (secondary N) is 2. The van der Waals surface area contributed by atoms with Crippen molar-refractivity contribution in [3.05, 3.63) is 89.6 Å². The maximum absolute atomic E-state index is 13.3. The average molecular weight is 512 g/mol. The molecule has 1 aliphatic rings. The van der Waals surface area contributed by atoms with Crippen LogP contribution in [0.3, 0.4) is 0 Å². The second kappa shape index (κ2) is 11.6. The summed E-state index contributed by atoms with van der Waals surface area (Å²) in [6.07, 6.45) is 1.95. The summed E-state index contributed by atoms with van der Waals surface area (Å²) >= 11 is 0. The Morgan fingerprint density at radius 2 is 1.84 bits per heavy atom. The highest BCUT2D eigenvalue weighted by Crippen LogP contribution is 2.40. The predicted molar refractivity (Wildman–Crippen MR) is 140 cm³/mol. The number of hydrogen-bond acceptors (Lipinski definition) is 6. The number of nitrogens with zero attached hydrogens (tertiary/aromatic N) is 3. The van der Waals surface area contributed by atoms with Gasteiger partial charge in [-0.05, 0) is 30.2 Å². The van der Waals surface area contributed by atoms with Crippen molar-refractivity contribution in [2.75, 3.05) is 6.54 Å². The summed E-state index contributed by atoms with van der Waals surface area (Å²) in [7, 11) is 0. The van der Waals surface area contributed by atoms with Gasteiger partial charge in [0.1, 0.15) is 11.7 Å². The van der Waals surface area contributed by atoms with Crippen LogP contribution in [-0.2, 0) is 19.9 Å². The molecule has 1 aliphatic heterocycles. The largest absolute Gasteiger partial charge is 0.438 e. The normalized spacial score (nSPS) is 17.6. The van der Waals surface area contributed by atoms with Crippen molar-refractivity contribution in [3.8, 4) is 17.3 Å². The van der Waals surface area contributed by atoms with Gasteiger partial charge in [-0.3, -0.25) is 25.4 Å². The van der Waals surface area contributed by atoms with Crippen molar-refractivity contribution < 1.29 is 19.1 Å². The number of cyclic esters (lactones) is 1. The second-order valence-corrected chi connectivity index (χ2v) is 9.24. The van der Waals surface area contributed by atoms with E-state index in [1.807, 2.05) is 61.5 Å². The lowest BCUT2D eigenvalue weighted by molar-refractivity contribution is -0.129. The van der Waals surface area contributed by atoms with Crippen LogP contribution < -0.4 is 10.9 Å². The molecule has 4 rings (SSSR count). The van der Waals surface area contributed by atoms with E-state index < -0.39 is 11.7 Å². The molecule has 0 bridgehead atoms. The monoisotopic (exact) mass is 511 g/mol. The highest BCUT2D eigenvalue weighted by molar-refractivity contribution is 5.80. The van der Waals surface area contributed by atoms with Gasteiger partial charge >= 0.3 is 6.09 Å². The Labute approximate surface area is 221 Å². The van der Waals surface area contributed by atoms with Gasteiger partial charge in [0.05, 0.1) is 17.3 Å². The molecule has 1 fully saturated rings. The van der Waals surface area contributed by atoms with E-state index in [2.05, 4.69) is 21.9 Å². The lowest BCUT2D eigenvalue weighted by Crippen LogP contribution is -2.49. The molecule has 3 aromatic rings. The summed E-state index contributed by atoms with van der Waals surface area (Å²) in [5, 5.41) is 8.97. The van der Waals surface area contributed by atoms with Gasteiger partial charge in [0.15, 0.2) is 0 Å². The zero-order valence-corrected chi connectivity index (χ0v) is 21.3. The zero-order valence-electron chi connectivity index (χ0n) is 21.3. The number of carbonyl (C=O) groups is 3. The molecule has 1 saturated heterocycles. The number of benzene rings is 2. The van der Waals surface area contributed by atoms with Gasteiger partial charge in [0.25, 0.3) is 0 Å². The van der Waals surface area contributed by atoms with E-state index in [0.29, 0.717) is 18.5 Å². The summed E-state index contributed by atoms with van der Waals surface area (Å²) in [5.41, 5.74) is 7.64. The average Bonchev–Trinajstić information content (AvgIpc) is 2.95. The van der Waals surface area contributed by atoms with Crippen LogP contribution in [0.4, 0.5) is 4.79 Å². The van der Waals surface area contributed by atoms with E-state index in [4.69, 9.17) is 10.00 Å². The maximum atomic E-state index is 13.3. The number of ether oxygens (including phenoxy) is 1.